The van der Waals surface area contributed by atoms with Crippen molar-refractivity contribution in [3.8, 4) is 5.75 Å². The topological polar surface area (TPSA) is 92.3 Å². The van der Waals surface area contributed by atoms with Crippen LogP contribution < -0.4 is 8.91 Å². The maximum atomic E-state index is 13.3. The minimum atomic E-state index is -4.20. The lowest BCUT2D eigenvalue weighted by Gasteiger charge is -2.38. The normalized spacial score (nSPS) is 19.3. The van der Waals surface area contributed by atoms with Crippen LogP contribution in [0.2, 0.25) is 0 Å². The van der Waals surface area contributed by atoms with Crippen LogP contribution in [0, 0.1) is 6.92 Å². The van der Waals surface area contributed by atoms with Gasteiger partial charge in [0.1, 0.15) is 18.0 Å². The highest BCUT2D eigenvalue weighted by Crippen LogP contribution is 2.38. The fourth-order valence-electron chi connectivity index (χ4n) is 4.91. The van der Waals surface area contributed by atoms with Crippen LogP contribution in [0.3, 0.4) is 0 Å². The van der Waals surface area contributed by atoms with Crippen molar-refractivity contribution in [1.29, 1.82) is 0 Å². The number of nitrogens with one attached hydrogen (secondary N) is 1. The number of rotatable bonds is 12. The van der Waals surface area contributed by atoms with Gasteiger partial charge >= 0.3 is 10.3 Å². The van der Waals surface area contributed by atoms with E-state index in [2.05, 4.69) is 4.72 Å². The van der Waals surface area contributed by atoms with Gasteiger partial charge in [0.2, 0.25) is 0 Å². The van der Waals surface area contributed by atoms with Crippen molar-refractivity contribution in [2.24, 2.45) is 0 Å². The van der Waals surface area contributed by atoms with Crippen molar-refractivity contribution < 1.29 is 31.5 Å². The molecule has 0 amide bonds. The zero-order valence-corrected chi connectivity index (χ0v) is 25.6. The summed E-state index contributed by atoms with van der Waals surface area (Å²) < 4.78 is 59.2. The average Bonchev–Trinajstić information content (AvgIpc) is 3.40. The van der Waals surface area contributed by atoms with Crippen molar-refractivity contribution in [3.63, 3.8) is 0 Å². The summed E-state index contributed by atoms with van der Waals surface area (Å²) in [5.74, 6) is 0.231. The molecule has 3 aromatic rings. The van der Waals surface area contributed by atoms with Crippen LogP contribution in [0.15, 0.2) is 78.9 Å². The summed E-state index contributed by atoms with van der Waals surface area (Å²) in [6.07, 6.45) is -1.02. The highest BCUT2D eigenvalue weighted by Gasteiger charge is 2.52. The van der Waals surface area contributed by atoms with E-state index in [4.69, 9.17) is 23.1 Å². The van der Waals surface area contributed by atoms with Crippen molar-refractivity contribution in [2.75, 3.05) is 14.2 Å². The first-order valence-corrected chi connectivity index (χ1v) is 15.1. The third-order valence-corrected chi connectivity index (χ3v) is 8.61. The van der Waals surface area contributed by atoms with Crippen molar-refractivity contribution >= 4 is 10.3 Å². The van der Waals surface area contributed by atoms with Gasteiger partial charge in [-0.25, -0.2) is 0 Å². The standard InChI is InChI=1S/C32H41NO7S/c1-22-17-19-25(20-18-22)40-41(34,35)33-28(23-13-9-8-10-14-23)26-16-12-11-15-24(26)21-27-38-29(31(2,3)36-6)30(39-27)32(4,5)37-7/h8-20,27-30,33H,21H2,1-7H3/t28-,29-,30-/m1/s1. The molecule has 9 heteroatoms. The minimum Gasteiger partial charge on any atom is -0.376 e. The molecule has 0 bridgehead atoms. The number of methoxy groups -OCH3 is 2. The van der Waals surface area contributed by atoms with E-state index in [1.807, 2.05) is 89.2 Å². The molecule has 1 heterocycles. The second-order valence-corrected chi connectivity index (χ2v) is 12.7. The molecule has 0 aromatic heterocycles. The molecule has 4 rings (SSSR count). The monoisotopic (exact) mass is 583 g/mol. The molecule has 0 aliphatic carbocycles. The smallest absolute Gasteiger partial charge is 0.376 e. The van der Waals surface area contributed by atoms with E-state index in [9.17, 15) is 8.42 Å². The summed E-state index contributed by atoms with van der Waals surface area (Å²) in [5.41, 5.74) is 2.13. The van der Waals surface area contributed by atoms with Gasteiger partial charge in [-0.3, -0.25) is 0 Å². The lowest BCUT2D eigenvalue weighted by atomic mass is 9.87. The summed E-state index contributed by atoms with van der Waals surface area (Å²) in [7, 11) is -0.894. The molecular weight excluding hydrogens is 542 g/mol. The second kappa shape index (κ2) is 12.6. The van der Waals surface area contributed by atoms with Gasteiger partial charge < -0.3 is 23.1 Å². The summed E-state index contributed by atoms with van der Waals surface area (Å²) in [6.45, 7) is 9.77. The molecule has 8 nitrogen and oxygen atoms in total. The Bertz CT molecular complexity index is 1370. The van der Waals surface area contributed by atoms with Crippen LogP contribution in [0.1, 0.15) is 56.0 Å². The molecular formula is C32H41NO7S. The third-order valence-electron chi connectivity index (χ3n) is 7.67. The fraction of sp³-hybridized carbons (Fsp3) is 0.438. The number of ether oxygens (including phenoxy) is 4. The Morgan fingerprint density at radius 1 is 0.805 bits per heavy atom. The second-order valence-electron chi connectivity index (χ2n) is 11.4. The van der Waals surface area contributed by atoms with E-state index in [0.717, 1.165) is 22.3 Å². The fourth-order valence-corrected chi connectivity index (χ4v) is 5.88. The van der Waals surface area contributed by atoms with Crippen LogP contribution in [0.5, 0.6) is 5.75 Å². The molecule has 222 valence electrons. The van der Waals surface area contributed by atoms with Crippen LogP contribution in [-0.2, 0) is 35.7 Å². The van der Waals surface area contributed by atoms with Gasteiger partial charge in [-0.1, -0.05) is 72.3 Å². The summed E-state index contributed by atoms with van der Waals surface area (Å²) >= 11 is 0. The van der Waals surface area contributed by atoms with E-state index in [-0.39, 0.29) is 5.75 Å². The average molecular weight is 584 g/mol. The molecule has 1 fully saturated rings. The maximum absolute atomic E-state index is 13.3. The molecule has 0 saturated carbocycles. The Hall–Kier alpha value is -2.79. The summed E-state index contributed by atoms with van der Waals surface area (Å²) in [6, 6.07) is 23.2. The summed E-state index contributed by atoms with van der Waals surface area (Å²) in [5, 5.41) is 0. The molecule has 3 aromatic carbocycles. The van der Waals surface area contributed by atoms with Crippen molar-refractivity contribution in [2.45, 2.75) is 76.8 Å². The molecule has 1 aliphatic rings. The molecule has 1 N–H and O–H groups in total. The Labute approximate surface area is 244 Å². The number of hydrogen-bond acceptors (Lipinski definition) is 7. The van der Waals surface area contributed by atoms with Gasteiger partial charge in [-0.15, -0.1) is 0 Å². The Morgan fingerprint density at radius 3 is 1.90 bits per heavy atom. The van der Waals surface area contributed by atoms with Crippen LogP contribution in [-0.4, -0.2) is 52.3 Å². The van der Waals surface area contributed by atoms with Gasteiger partial charge in [-0.2, -0.15) is 13.1 Å². The first kappa shape index (κ1) is 31.2. The lowest BCUT2D eigenvalue weighted by molar-refractivity contribution is -0.132. The largest absolute Gasteiger partial charge is 0.383 e. The minimum absolute atomic E-state index is 0.231. The Balaban J connectivity index is 1.65. The van der Waals surface area contributed by atoms with E-state index in [1.54, 1.807) is 38.5 Å². The molecule has 1 aliphatic heterocycles. The molecule has 1 saturated heterocycles. The zero-order valence-electron chi connectivity index (χ0n) is 24.8. The molecule has 0 spiro atoms. The van der Waals surface area contributed by atoms with Gasteiger partial charge in [0, 0.05) is 20.6 Å². The molecule has 41 heavy (non-hydrogen) atoms. The van der Waals surface area contributed by atoms with E-state index < -0.39 is 46.0 Å². The SMILES string of the molecule is COC(C)(C)[C@@H]1OC(Cc2ccccc2[C@H](NS(=O)(=O)Oc2ccc(C)cc2)c2ccccc2)O[C@H]1C(C)(C)OC. The third kappa shape index (κ3) is 7.54. The van der Waals surface area contributed by atoms with Gasteiger partial charge in [0.15, 0.2) is 6.29 Å². The number of benzene rings is 3. The van der Waals surface area contributed by atoms with Crippen LogP contribution >= 0.6 is 0 Å². The lowest BCUT2D eigenvalue weighted by Crippen LogP contribution is -2.53. The zero-order chi connectivity index (χ0) is 29.8. The predicted molar refractivity (Wildman–Crippen MR) is 158 cm³/mol. The Kier molecular flexibility index (Phi) is 9.58. The number of hydrogen-bond donors (Lipinski definition) is 1. The first-order chi connectivity index (χ1) is 19.3. The Morgan fingerprint density at radius 2 is 1.34 bits per heavy atom. The number of aryl methyl sites for hydroxylation is 1. The van der Waals surface area contributed by atoms with Crippen LogP contribution in [0.4, 0.5) is 0 Å². The van der Waals surface area contributed by atoms with Crippen molar-refractivity contribution in [3.05, 3.63) is 101 Å². The maximum Gasteiger partial charge on any atom is 0.383 e. The van der Waals surface area contributed by atoms with Crippen molar-refractivity contribution in [1.82, 2.24) is 4.72 Å². The first-order valence-electron chi connectivity index (χ1n) is 13.7. The quantitative estimate of drug-likeness (QED) is 0.301. The van der Waals surface area contributed by atoms with Crippen LogP contribution in [0.25, 0.3) is 0 Å². The highest BCUT2D eigenvalue weighted by atomic mass is 32.2. The van der Waals surface area contributed by atoms with E-state index in [0.29, 0.717) is 6.42 Å². The molecule has 0 radical (unpaired) electrons. The molecule has 0 unspecified atom stereocenters. The van der Waals surface area contributed by atoms with Gasteiger partial charge in [-0.05, 0) is 63.4 Å². The van der Waals surface area contributed by atoms with Gasteiger partial charge in [0.25, 0.3) is 0 Å². The molecule has 3 atom stereocenters. The predicted octanol–water partition coefficient (Wildman–Crippen LogP) is 5.50. The summed E-state index contributed by atoms with van der Waals surface area (Å²) in [4.78, 5) is 0. The highest BCUT2D eigenvalue weighted by molar-refractivity contribution is 7.85. The van der Waals surface area contributed by atoms with E-state index >= 15 is 0 Å². The van der Waals surface area contributed by atoms with Gasteiger partial charge in [0.05, 0.1) is 17.2 Å². The van der Waals surface area contributed by atoms with E-state index in [1.165, 1.54) is 0 Å².